The van der Waals surface area contributed by atoms with Crippen molar-refractivity contribution in [3.63, 3.8) is 0 Å². The summed E-state index contributed by atoms with van der Waals surface area (Å²) in [6, 6.07) is 2.59. The van der Waals surface area contributed by atoms with Crippen LogP contribution in [0.15, 0.2) is 12.1 Å². The Morgan fingerprint density at radius 2 is 2.32 bits per heavy atom. The largest absolute Gasteiger partial charge is 0.465 e. The number of benzene rings is 1. The topological polar surface area (TPSA) is 81.9 Å². The number of hydrogen-bond donors (Lipinski definition) is 0. The van der Waals surface area contributed by atoms with E-state index in [1.54, 1.807) is 11.9 Å². The van der Waals surface area contributed by atoms with Crippen molar-refractivity contribution in [1.29, 1.82) is 0 Å². The van der Waals surface area contributed by atoms with Gasteiger partial charge < -0.3 is 14.4 Å². The summed E-state index contributed by atoms with van der Waals surface area (Å²) in [4.78, 5) is 24.1. The molecule has 1 aromatic carbocycles. The molecule has 0 aromatic heterocycles. The van der Waals surface area contributed by atoms with Gasteiger partial charge in [-0.25, -0.2) is 4.79 Å². The first-order valence-corrected chi connectivity index (χ1v) is 7.17. The lowest BCUT2D eigenvalue weighted by molar-refractivity contribution is -0.384. The molecule has 22 heavy (non-hydrogen) atoms. The molecule has 8 heteroatoms. The number of nitrogens with zero attached hydrogens (tertiary/aromatic N) is 2. The van der Waals surface area contributed by atoms with Crippen LogP contribution in [0.3, 0.4) is 0 Å². The van der Waals surface area contributed by atoms with Gasteiger partial charge in [0, 0.05) is 32.2 Å². The third-order valence-corrected chi connectivity index (χ3v) is 3.95. The van der Waals surface area contributed by atoms with Gasteiger partial charge >= 0.3 is 5.97 Å². The maximum absolute atomic E-state index is 11.6. The Kier molecular flexibility index (Phi) is 5.20. The van der Waals surface area contributed by atoms with E-state index in [4.69, 9.17) is 16.3 Å². The minimum atomic E-state index is -0.702. The van der Waals surface area contributed by atoms with Crippen LogP contribution in [0.5, 0.6) is 0 Å². The molecular weight excluding hydrogens is 312 g/mol. The fourth-order valence-electron chi connectivity index (χ4n) is 2.48. The minimum absolute atomic E-state index is 0.0165. The van der Waals surface area contributed by atoms with Crippen LogP contribution < -0.4 is 4.90 Å². The van der Waals surface area contributed by atoms with Crippen molar-refractivity contribution in [2.24, 2.45) is 5.92 Å². The Morgan fingerprint density at radius 1 is 1.59 bits per heavy atom. The molecule has 2 rings (SSSR count). The second-order valence-corrected chi connectivity index (χ2v) is 5.59. The molecule has 1 aromatic rings. The Hall–Kier alpha value is -1.86. The number of ether oxygens (including phenoxy) is 2. The minimum Gasteiger partial charge on any atom is -0.465 e. The van der Waals surface area contributed by atoms with Gasteiger partial charge in [0.2, 0.25) is 0 Å². The zero-order valence-corrected chi connectivity index (χ0v) is 13.1. The number of methoxy groups -OCH3 is 1. The Morgan fingerprint density at radius 3 is 2.86 bits per heavy atom. The number of rotatable bonds is 5. The Labute approximate surface area is 132 Å². The fraction of sp³-hybridized carbons (Fsp3) is 0.500. The number of carbonyl (C=O) groups is 1. The summed E-state index contributed by atoms with van der Waals surface area (Å²) >= 11 is 6.07. The molecular formula is C14H17ClN2O5. The molecule has 0 saturated carbocycles. The van der Waals surface area contributed by atoms with Crippen molar-refractivity contribution in [1.82, 2.24) is 0 Å². The highest BCUT2D eigenvalue weighted by Crippen LogP contribution is 2.34. The monoisotopic (exact) mass is 328 g/mol. The van der Waals surface area contributed by atoms with Crippen molar-refractivity contribution >= 4 is 28.9 Å². The molecule has 0 radical (unpaired) electrons. The standard InChI is InChI=1S/C14H17ClN2O5/c1-16(7-9-3-4-22-8-9)12-6-11(15)10(14(18)21-2)5-13(12)17(19)20/h5-6,9H,3-4,7-8H2,1-2H3. The average Bonchev–Trinajstić information content (AvgIpc) is 2.98. The van der Waals surface area contributed by atoms with Crippen LogP contribution in [-0.4, -0.2) is 44.8 Å². The van der Waals surface area contributed by atoms with Crippen molar-refractivity contribution < 1.29 is 19.2 Å². The van der Waals surface area contributed by atoms with Crippen LogP contribution in [0.2, 0.25) is 5.02 Å². The van der Waals surface area contributed by atoms with E-state index in [-0.39, 0.29) is 16.3 Å². The molecule has 120 valence electrons. The molecule has 7 nitrogen and oxygen atoms in total. The SMILES string of the molecule is COC(=O)c1cc([N+](=O)[O-])c(N(C)CC2CCOC2)cc1Cl. The van der Waals surface area contributed by atoms with Crippen LogP contribution in [-0.2, 0) is 9.47 Å². The summed E-state index contributed by atoms with van der Waals surface area (Å²) < 4.78 is 9.90. The molecule has 1 fully saturated rings. The first-order valence-electron chi connectivity index (χ1n) is 6.79. The normalized spacial score (nSPS) is 17.3. The van der Waals surface area contributed by atoms with Crippen molar-refractivity contribution in [2.45, 2.75) is 6.42 Å². The van der Waals surface area contributed by atoms with E-state index >= 15 is 0 Å². The molecule has 1 saturated heterocycles. The van der Waals surface area contributed by atoms with E-state index < -0.39 is 10.9 Å². The van der Waals surface area contributed by atoms with E-state index in [2.05, 4.69) is 4.74 Å². The number of hydrogen-bond acceptors (Lipinski definition) is 6. The van der Waals surface area contributed by atoms with E-state index in [1.807, 2.05) is 0 Å². The second-order valence-electron chi connectivity index (χ2n) is 5.18. The van der Waals surface area contributed by atoms with Gasteiger partial charge in [-0.05, 0) is 12.5 Å². The second kappa shape index (κ2) is 6.93. The lowest BCUT2D eigenvalue weighted by Gasteiger charge is -2.22. The first kappa shape index (κ1) is 16.5. The zero-order chi connectivity index (χ0) is 16.3. The Bertz CT molecular complexity index is 587. The van der Waals surface area contributed by atoms with Crippen LogP contribution in [0.4, 0.5) is 11.4 Å². The van der Waals surface area contributed by atoms with Crippen molar-refractivity contribution in [3.05, 3.63) is 32.8 Å². The van der Waals surface area contributed by atoms with Gasteiger partial charge in [-0.1, -0.05) is 11.6 Å². The van der Waals surface area contributed by atoms with Gasteiger partial charge in [0.25, 0.3) is 5.69 Å². The summed E-state index contributed by atoms with van der Waals surface area (Å²) in [7, 11) is 2.96. The molecule has 0 N–H and O–H groups in total. The van der Waals surface area contributed by atoms with Gasteiger partial charge in [0.15, 0.2) is 0 Å². The maximum atomic E-state index is 11.6. The van der Waals surface area contributed by atoms with Crippen LogP contribution in [0.1, 0.15) is 16.8 Å². The zero-order valence-electron chi connectivity index (χ0n) is 12.4. The summed E-state index contributed by atoms with van der Waals surface area (Å²) in [5.41, 5.74) is 0.179. The lowest BCUT2D eigenvalue weighted by Crippen LogP contribution is -2.26. The van der Waals surface area contributed by atoms with Gasteiger partial charge in [-0.3, -0.25) is 10.1 Å². The third-order valence-electron chi connectivity index (χ3n) is 3.63. The van der Waals surface area contributed by atoms with Crippen LogP contribution >= 0.6 is 11.6 Å². The van der Waals surface area contributed by atoms with Crippen LogP contribution in [0.25, 0.3) is 0 Å². The average molecular weight is 329 g/mol. The number of carbonyl (C=O) groups excluding carboxylic acids is 1. The number of halogens is 1. The molecule has 1 unspecified atom stereocenters. The quantitative estimate of drug-likeness (QED) is 0.469. The van der Waals surface area contributed by atoms with Crippen molar-refractivity contribution in [3.8, 4) is 0 Å². The highest BCUT2D eigenvalue weighted by Gasteiger charge is 2.26. The molecule has 0 spiro atoms. The summed E-state index contributed by atoms with van der Waals surface area (Å²) in [6.07, 6.45) is 0.923. The number of nitro groups is 1. The lowest BCUT2D eigenvalue weighted by atomic mass is 10.1. The van der Waals surface area contributed by atoms with E-state index in [0.29, 0.717) is 31.4 Å². The van der Waals surface area contributed by atoms with Gasteiger partial charge in [0.05, 0.1) is 29.2 Å². The van der Waals surface area contributed by atoms with E-state index in [0.717, 1.165) is 12.5 Å². The summed E-state index contributed by atoms with van der Waals surface area (Å²) in [6.45, 7) is 1.98. The highest BCUT2D eigenvalue weighted by molar-refractivity contribution is 6.34. The van der Waals surface area contributed by atoms with E-state index in [1.165, 1.54) is 13.2 Å². The van der Waals surface area contributed by atoms with Gasteiger partial charge in [-0.15, -0.1) is 0 Å². The predicted octanol–water partition coefficient (Wildman–Crippen LogP) is 2.51. The number of anilines is 1. The van der Waals surface area contributed by atoms with Gasteiger partial charge in [-0.2, -0.15) is 0 Å². The maximum Gasteiger partial charge on any atom is 0.339 e. The summed E-state index contributed by atoms with van der Waals surface area (Å²) in [5.74, 6) is -0.379. The number of esters is 1. The van der Waals surface area contributed by atoms with Crippen molar-refractivity contribution in [2.75, 3.05) is 38.8 Å². The first-order chi connectivity index (χ1) is 10.4. The smallest absolute Gasteiger partial charge is 0.339 e. The van der Waals surface area contributed by atoms with E-state index in [9.17, 15) is 14.9 Å². The highest BCUT2D eigenvalue weighted by atomic mass is 35.5. The van der Waals surface area contributed by atoms with Gasteiger partial charge in [0.1, 0.15) is 5.69 Å². The molecule has 0 amide bonds. The Balaban J connectivity index is 2.34. The van der Waals surface area contributed by atoms with Crippen LogP contribution in [0, 0.1) is 16.0 Å². The molecule has 1 aliphatic rings. The fourth-order valence-corrected chi connectivity index (χ4v) is 2.72. The molecule has 0 aliphatic carbocycles. The number of nitro benzene ring substituents is 1. The summed E-state index contributed by atoms with van der Waals surface area (Å²) in [5, 5.41) is 11.4. The molecule has 0 bridgehead atoms. The predicted molar refractivity (Wildman–Crippen MR) is 81.6 cm³/mol. The molecule has 1 atom stereocenters. The molecule has 1 aliphatic heterocycles. The third kappa shape index (κ3) is 3.48. The molecule has 1 heterocycles.